The first-order valence-electron chi connectivity index (χ1n) is 5.72. The van der Waals surface area contributed by atoms with Crippen LogP contribution in [0, 0.1) is 0 Å². The van der Waals surface area contributed by atoms with E-state index in [1.807, 2.05) is 4.90 Å². The molecule has 2 amide bonds. The SMILES string of the molecule is C=CCNC(=O)C(C)N1CCNCC1C(N)=O. The molecule has 0 aromatic heterocycles. The van der Waals surface area contributed by atoms with E-state index in [1.54, 1.807) is 13.0 Å². The molecule has 0 bridgehead atoms. The van der Waals surface area contributed by atoms with Gasteiger partial charge in [0, 0.05) is 26.2 Å². The summed E-state index contributed by atoms with van der Waals surface area (Å²) in [5.41, 5.74) is 5.33. The summed E-state index contributed by atoms with van der Waals surface area (Å²) >= 11 is 0. The monoisotopic (exact) mass is 240 g/mol. The Labute approximate surface area is 101 Å². The van der Waals surface area contributed by atoms with Gasteiger partial charge in [-0.1, -0.05) is 6.08 Å². The third kappa shape index (κ3) is 3.54. The quantitative estimate of drug-likeness (QED) is 0.507. The smallest absolute Gasteiger partial charge is 0.237 e. The average molecular weight is 240 g/mol. The normalized spacial score (nSPS) is 22.8. The van der Waals surface area contributed by atoms with Crippen LogP contribution in [0.1, 0.15) is 6.92 Å². The van der Waals surface area contributed by atoms with Crippen molar-refractivity contribution in [1.29, 1.82) is 0 Å². The molecular formula is C11H20N4O2. The molecule has 6 heteroatoms. The van der Waals surface area contributed by atoms with E-state index >= 15 is 0 Å². The van der Waals surface area contributed by atoms with E-state index in [0.717, 1.165) is 6.54 Å². The molecule has 0 radical (unpaired) electrons. The first-order chi connectivity index (χ1) is 8.07. The molecule has 1 fully saturated rings. The van der Waals surface area contributed by atoms with Crippen molar-refractivity contribution in [1.82, 2.24) is 15.5 Å². The van der Waals surface area contributed by atoms with Crippen LogP contribution in [0.3, 0.4) is 0 Å². The number of hydrogen-bond donors (Lipinski definition) is 3. The first-order valence-corrected chi connectivity index (χ1v) is 5.72. The van der Waals surface area contributed by atoms with Gasteiger partial charge in [-0.15, -0.1) is 6.58 Å². The van der Waals surface area contributed by atoms with Crippen LogP contribution in [0.4, 0.5) is 0 Å². The van der Waals surface area contributed by atoms with E-state index in [4.69, 9.17) is 5.73 Å². The highest BCUT2D eigenvalue weighted by molar-refractivity contribution is 5.84. The van der Waals surface area contributed by atoms with Crippen molar-refractivity contribution < 1.29 is 9.59 Å². The fraction of sp³-hybridized carbons (Fsp3) is 0.636. The summed E-state index contributed by atoms with van der Waals surface area (Å²) in [6.45, 7) is 7.62. The lowest BCUT2D eigenvalue weighted by Crippen LogP contribution is -2.62. The number of amides is 2. The Balaban J connectivity index is 2.63. The third-order valence-corrected chi connectivity index (χ3v) is 2.91. The van der Waals surface area contributed by atoms with Gasteiger partial charge in [0.2, 0.25) is 11.8 Å². The highest BCUT2D eigenvalue weighted by Crippen LogP contribution is 2.08. The lowest BCUT2D eigenvalue weighted by Gasteiger charge is -2.37. The number of carbonyl (C=O) groups is 2. The number of hydrogen-bond acceptors (Lipinski definition) is 4. The summed E-state index contributed by atoms with van der Waals surface area (Å²) in [7, 11) is 0. The molecule has 1 heterocycles. The minimum atomic E-state index is -0.423. The molecule has 17 heavy (non-hydrogen) atoms. The van der Waals surface area contributed by atoms with Gasteiger partial charge in [-0.3, -0.25) is 14.5 Å². The van der Waals surface area contributed by atoms with Crippen molar-refractivity contribution in [2.24, 2.45) is 5.73 Å². The number of carbonyl (C=O) groups excluding carboxylic acids is 2. The molecule has 2 atom stereocenters. The maximum Gasteiger partial charge on any atom is 0.237 e. The van der Waals surface area contributed by atoms with Crippen molar-refractivity contribution in [2.45, 2.75) is 19.0 Å². The number of piperazine rings is 1. The predicted octanol–water partition coefficient (Wildman–Crippen LogP) is -1.56. The van der Waals surface area contributed by atoms with Gasteiger partial charge in [0.25, 0.3) is 0 Å². The summed E-state index contributed by atoms with van der Waals surface area (Å²) in [5, 5.41) is 5.81. The van der Waals surface area contributed by atoms with Crippen molar-refractivity contribution in [2.75, 3.05) is 26.2 Å². The van der Waals surface area contributed by atoms with E-state index in [0.29, 0.717) is 19.6 Å². The fourth-order valence-electron chi connectivity index (χ4n) is 1.92. The Bertz CT molecular complexity index is 306. The lowest BCUT2D eigenvalue weighted by molar-refractivity contribution is -0.131. The van der Waals surface area contributed by atoms with Crippen LogP contribution in [-0.4, -0.2) is 55.0 Å². The molecule has 1 rings (SSSR count). The summed E-state index contributed by atoms with van der Waals surface area (Å²) in [5.74, 6) is -0.515. The fourth-order valence-corrected chi connectivity index (χ4v) is 1.92. The maximum atomic E-state index is 11.8. The van der Waals surface area contributed by atoms with Crippen LogP contribution in [0.5, 0.6) is 0 Å². The second-order valence-electron chi connectivity index (χ2n) is 4.07. The van der Waals surface area contributed by atoms with Gasteiger partial charge in [0.05, 0.1) is 6.04 Å². The molecule has 0 spiro atoms. The Morgan fingerprint density at radius 2 is 2.41 bits per heavy atom. The molecule has 0 aromatic carbocycles. The largest absolute Gasteiger partial charge is 0.368 e. The minimum Gasteiger partial charge on any atom is -0.368 e. The summed E-state index contributed by atoms with van der Waals surface area (Å²) in [6.07, 6.45) is 1.62. The maximum absolute atomic E-state index is 11.8. The molecule has 1 aliphatic heterocycles. The van der Waals surface area contributed by atoms with Crippen molar-refractivity contribution in [3.05, 3.63) is 12.7 Å². The molecule has 1 aliphatic rings. The second kappa shape index (κ2) is 6.36. The van der Waals surface area contributed by atoms with Crippen molar-refractivity contribution in [3.8, 4) is 0 Å². The van der Waals surface area contributed by atoms with E-state index in [1.165, 1.54) is 0 Å². The standard InChI is InChI=1S/C11H20N4O2/c1-3-4-14-11(17)8(2)15-6-5-13-7-9(15)10(12)16/h3,8-9,13H,1,4-7H2,2H3,(H2,12,16)(H,14,17). The van der Waals surface area contributed by atoms with E-state index in [-0.39, 0.29) is 11.9 Å². The molecule has 2 unspecified atom stereocenters. The molecule has 1 saturated heterocycles. The zero-order valence-corrected chi connectivity index (χ0v) is 10.1. The predicted molar refractivity (Wildman–Crippen MR) is 65.2 cm³/mol. The van der Waals surface area contributed by atoms with Gasteiger partial charge in [0.1, 0.15) is 6.04 Å². The van der Waals surface area contributed by atoms with Gasteiger partial charge in [-0.2, -0.15) is 0 Å². The third-order valence-electron chi connectivity index (χ3n) is 2.91. The number of rotatable bonds is 5. The van der Waals surface area contributed by atoms with Gasteiger partial charge in [-0.25, -0.2) is 0 Å². The van der Waals surface area contributed by atoms with Crippen molar-refractivity contribution in [3.63, 3.8) is 0 Å². The molecule has 96 valence electrons. The number of nitrogens with two attached hydrogens (primary N) is 1. The molecule has 0 aliphatic carbocycles. The van der Waals surface area contributed by atoms with E-state index in [9.17, 15) is 9.59 Å². The zero-order chi connectivity index (χ0) is 12.8. The molecule has 0 aromatic rings. The Kier molecular flexibility index (Phi) is 5.11. The average Bonchev–Trinajstić information content (AvgIpc) is 2.34. The molecule has 0 saturated carbocycles. The van der Waals surface area contributed by atoms with Crippen molar-refractivity contribution >= 4 is 11.8 Å². The molecular weight excluding hydrogens is 220 g/mol. The van der Waals surface area contributed by atoms with Gasteiger partial charge in [-0.05, 0) is 6.92 Å². The van der Waals surface area contributed by atoms with Crippen LogP contribution in [0.2, 0.25) is 0 Å². The Morgan fingerprint density at radius 3 is 3.00 bits per heavy atom. The highest BCUT2D eigenvalue weighted by atomic mass is 16.2. The van der Waals surface area contributed by atoms with Gasteiger partial charge in [0.15, 0.2) is 0 Å². The Hall–Kier alpha value is -1.40. The number of nitrogens with one attached hydrogen (secondary N) is 2. The topological polar surface area (TPSA) is 87.5 Å². The summed E-state index contributed by atoms with van der Waals surface area (Å²) < 4.78 is 0. The first kappa shape index (κ1) is 13.7. The van der Waals surface area contributed by atoms with Gasteiger partial charge >= 0.3 is 0 Å². The molecule has 4 N–H and O–H groups in total. The van der Waals surface area contributed by atoms with Crippen LogP contribution in [0.25, 0.3) is 0 Å². The minimum absolute atomic E-state index is 0.113. The highest BCUT2D eigenvalue weighted by Gasteiger charge is 2.33. The van der Waals surface area contributed by atoms with E-state index in [2.05, 4.69) is 17.2 Å². The summed E-state index contributed by atoms with van der Waals surface area (Å²) in [6, 6.07) is -0.789. The zero-order valence-electron chi connectivity index (χ0n) is 10.1. The van der Waals surface area contributed by atoms with Gasteiger partial charge < -0.3 is 16.4 Å². The Morgan fingerprint density at radius 1 is 1.71 bits per heavy atom. The molecule has 6 nitrogen and oxygen atoms in total. The van der Waals surface area contributed by atoms with Crippen LogP contribution in [0.15, 0.2) is 12.7 Å². The number of nitrogens with zero attached hydrogens (tertiary/aromatic N) is 1. The van der Waals surface area contributed by atoms with E-state index < -0.39 is 11.9 Å². The van der Waals surface area contributed by atoms with Crippen LogP contribution in [-0.2, 0) is 9.59 Å². The lowest BCUT2D eigenvalue weighted by atomic mass is 10.1. The second-order valence-corrected chi connectivity index (χ2v) is 4.07. The van der Waals surface area contributed by atoms with Crippen LogP contribution < -0.4 is 16.4 Å². The number of primary amides is 1. The summed E-state index contributed by atoms with van der Waals surface area (Å²) in [4.78, 5) is 24.9. The van der Waals surface area contributed by atoms with Crippen LogP contribution >= 0.6 is 0 Å².